The van der Waals surface area contributed by atoms with Crippen molar-refractivity contribution in [2.75, 3.05) is 36.5 Å². The molecule has 5 aromatic rings. The average Bonchev–Trinajstić information content (AvgIpc) is 3.57. The van der Waals surface area contributed by atoms with E-state index in [9.17, 15) is 0 Å². The zero-order chi connectivity index (χ0) is 21.5. The number of ether oxygens (including phenoxy) is 1. The van der Waals surface area contributed by atoms with Crippen LogP contribution < -0.4 is 10.2 Å². The Labute approximate surface area is 192 Å². The molecule has 0 amide bonds. The Kier molecular flexibility index (Phi) is 4.94. The van der Waals surface area contributed by atoms with Gasteiger partial charge in [0.15, 0.2) is 11.5 Å². The van der Waals surface area contributed by atoms with Gasteiger partial charge in [0, 0.05) is 30.1 Å². The summed E-state index contributed by atoms with van der Waals surface area (Å²) in [5, 5.41) is 13.3. The van der Waals surface area contributed by atoms with Crippen LogP contribution in [-0.4, -0.2) is 50.9 Å². The van der Waals surface area contributed by atoms with Crippen LogP contribution in [0.4, 0.5) is 11.5 Å². The van der Waals surface area contributed by atoms with Crippen LogP contribution in [0.5, 0.6) is 0 Å². The first-order chi connectivity index (χ1) is 15.8. The molecule has 5 heterocycles. The third-order valence-electron chi connectivity index (χ3n) is 5.57. The first kappa shape index (κ1) is 19.5. The number of fused-ring (bicyclic) bond motifs is 2. The predicted molar refractivity (Wildman–Crippen MR) is 128 cm³/mol. The maximum atomic E-state index is 6.30. The number of nitrogens with one attached hydrogen (secondary N) is 2. The standard InChI is InChI=1S/C22H20ClN7OS/c23-15-2-1-3-16-21(15)27-19(26-16)12-24-17-10-20(29-5-7-31-8-6-29)28-30-18(11-25-22(17)30)14-4-9-32-13-14/h1-4,9-11,13,24H,5-8,12H2,(H,26,27). The molecule has 2 N–H and O–H groups in total. The number of aromatic nitrogens is 5. The Morgan fingerprint density at radius 1 is 1.22 bits per heavy atom. The van der Waals surface area contributed by atoms with Crippen molar-refractivity contribution < 1.29 is 4.74 Å². The maximum Gasteiger partial charge on any atom is 0.177 e. The Morgan fingerprint density at radius 3 is 2.94 bits per heavy atom. The van der Waals surface area contributed by atoms with Crippen LogP contribution in [0.1, 0.15) is 5.82 Å². The van der Waals surface area contributed by atoms with E-state index in [-0.39, 0.29) is 0 Å². The minimum absolute atomic E-state index is 0.508. The third kappa shape index (κ3) is 3.48. The van der Waals surface area contributed by atoms with Gasteiger partial charge < -0.3 is 19.9 Å². The molecule has 10 heteroatoms. The Bertz CT molecular complexity index is 1390. The number of rotatable bonds is 5. The zero-order valence-corrected chi connectivity index (χ0v) is 18.7. The van der Waals surface area contributed by atoms with Crippen molar-refractivity contribution in [3.8, 4) is 11.3 Å². The molecule has 4 aromatic heterocycles. The maximum absolute atomic E-state index is 6.30. The van der Waals surface area contributed by atoms with Gasteiger partial charge in [-0.05, 0) is 23.6 Å². The Morgan fingerprint density at radius 2 is 2.12 bits per heavy atom. The van der Waals surface area contributed by atoms with Crippen LogP contribution in [0.15, 0.2) is 47.3 Å². The fourth-order valence-corrected chi connectivity index (χ4v) is 4.82. The molecule has 1 aliphatic rings. The molecular formula is C22H20ClN7OS. The lowest BCUT2D eigenvalue weighted by molar-refractivity contribution is 0.122. The quantitative estimate of drug-likeness (QED) is 0.399. The molecule has 0 atom stereocenters. The highest BCUT2D eigenvalue weighted by atomic mass is 35.5. The van der Waals surface area contributed by atoms with Crippen molar-refractivity contribution in [2.45, 2.75) is 6.54 Å². The van der Waals surface area contributed by atoms with Gasteiger partial charge in [-0.2, -0.15) is 11.3 Å². The molecule has 1 saturated heterocycles. The van der Waals surface area contributed by atoms with Crippen molar-refractivity contribution in [1.82, 2.24) is 24.6 Å². The second-order valence-corrected chi connectivity index (χ2v) is 8.76. The molecular weight excluding hydrogens is 446 g/mol. The van der Waals surface area contributed by atoms with E-state index in [4.69, 9.17) is 21.4 Å². The van der Waals surface area contributed by atoms with Gasteiger partial charge in [-0.25, -0.2) is 14.5 Å². The summed E-state index contributed by atoms with van der Waals surface area (Å²) in [4.78, 5) is 14.9. The topological polar surface area (TPSA) is 83.4 Å². The van der Waals surface area contributed by atoms with Crippen LogP contribution in [0.25, 0.3) is 27.9 Å². The number of anilines is 2. The fraction of sp³-hybridized carbons (Fsp3) is 0.227. The number of para-hydroxylation sites is 1. The smallest absolute Gasteiger partial charge is 0.177 e. The van der Waals surface area contributed by atoms with E-state index < -0.39 is 0 Å². The molecule has 0 radical (unpaired) electrons. The van der Waals surface area contributed by atoms with Crippen LogP contribution >= 0.6 is 22.9 Å². The SMILES string of the molecule is Clc1cccc2nc(CNc3cc(N4CCOCC4)nn4c(-c5ccsc5)cnc34)[nH]c12. The number of morpholine rings is 1. The molecule has 1 fully saturated rings. The second-order valence-electron chi connectivity index (χ2n) is 7.58. The minimum atomic E-state index is 0.508. The second kappa shape index (κ2) is 8.09. The Hall–Kier alpha value is -3.14. The number of imidazole rings is 2. The zero-order valence-electron chi connectivity index (χ0n) is 17.1. The van der Waals surface area contributed by atoms with Gasteiger partial charge in [0.05, 0.1) is 53.4 Å². The molecule has 0 bridgehead atoms. The van der Waals surface area contributed by atoms with Crippen LogP contribution in [-0.2, 0) is 11.3 Å². The lowest BCUT2D eigenvalue weighted by Crippen LogP contribution is -2.37. The number of H-pyrrole nitrogens is 1. The van der Waals surface area contributed by atoms with E-state index >= 15 is 0 Å². The molecule has 0 spiro atoms. The average molecular weight is 466 g/mol. The summed E-state index contributed by atoms with van der Waals surface area (Å²) in [6.07, 6.45) is 1.87. The third-order valence-corrected chi connectivity index (χ3v) is 6.57. The van der Waals surface area contributed by atoms with E-state index in [0.717, 1.165) is 58.4 Å². The minimum Gasteiger partial charge on any atom is -0.378 e. The number of hydrogen-bond donors (Lipinski definition) is 2. The molecule has 8 nitrogen and oxygen atoms in total. The van der Waals surface area contributed by atoms with E-state index in [2.05, 4.69) is 48.1 Å². The summed E-state index contributed by atoms with van der Waals surface area (Å²) in [5.74, 6) is 1.70. The number of aromatic amines is 1. The van der Waals surface area contributed by atoms with Crippen molar-refractivity contribution in [3.05, 3.63) is 58.1 Å². The van der Waals surface area contributed by atoms with Gasteiger partial charge in [-0.3, -0.25) is 0 Å². The molecule has 0 saturated carbocycles. The summed E-state index contributed by atoms with van der Waals surface area (Å²) in [6.45, 7) is 3.52. The number of hydrogen-bond acceptors (Lipinski definition) is 7. The first-order valence-electron chi connectivity index (χ1n) is 10.4. The van der Waals surface area contributed by atoms with Crippen molar-refractivity contribution >= 4 is 51.1 Å². The van der Waals surface area contributed by atoms with Gasteiger partial charge in [0.1, 0.15) is 5.82 Å². The number of nitrogens with zero attached hydrogens (tertiary/aromatic N) is 5. The normalized spacial score (nSPS) is 14.5. The first-order valence-corrected chi connectivity index (χ1v) is 11.7. The largest absolute Gasteiger partial charge is 0.378 e. The summed E-state index contributed by atoms with van der Waals surface area (Å²) >= 11 is 7.95. The number of benzene rings is 1. The van der Waals surface area contributed by atoms with Gasteiger partial charge in [0.2, 0.25) is 0 Å². The molecule has 1 aromatic carbocycles. The van der Waals surface area contributed by atoms with E-state index in [0.29, 0.717) is 24.8 Å². The van der Waals surface area contributed by atoms with Crippen molar-refractivity contribution in [1.29, 1.82) is 0 Å². The molecule has 0 unspecified atom stereocenters. The van der Waals surface area contributed by atoms with Gasteiger partial charge in [-0.1, -0.05) is 17.7 Å². The molecule has 0 aliphatic carbocycles. The van der Waals surface area contributed by atoms with E-state index in [1.165, 1.54) is 0 Å². The summed E-state index contributed by atoms with van der Waals surface area (Å²) in [6, 6.07) is 9.85. The van der Waals surface area contributed by atoms with Crippen LogP contribution in [0.2, 0.25) is 5.02 Å². The summed E-state index contributed by atoms with van der Waals surface area (Å²) in [7, 11) is 0. The highest BCUT2D eigenvalue weighted by molar-refractivity contribution is 7.08. The van der Waals surface area contributed by atoms with Gasteiger partial charge in [-0.15, -0.1) is 5.10 Å². The summed E-state index contributed by atoms with van der Waals surface area (Å²) in [5.41, 5.74) is 5.44. The monoisotopic (exact) mass is 465 g/mol. The lowest BCUT2D eigenvalue weighted by Gasteiger charge is -2.28. The molecule has 1 aliphatic heterocycles. The molecule has 6 rings (SSSR count). The molecule has 32 heavy (non-hydrogen) atoms. The van der Waals surface area contributed by atoms with Crippen LogP contribution in [0.3, 0.4) is 0 Å². The van der Waals surface area contributed by atoms with Crippen molar-refractivity contribution in [2.24, 2.45) is 0 Å². The highest BCUT2D eigenvalue weighted by Crippen LogP contribution is 2.29. The fourth-order valence-electron chi connectivity index (χ4n) is 3.95. The molecule has 162 valence electrons. The van der Waals surface area contributed by atoms with Crippen LogP contribution in [0, 0.1) is 0 Å². The van der Waals surface area contributed by atoms with E-state index in [1.54, 1.807) is 11.3 Å². The predicted octanol–water partition coefficient (Wildman–Crippen LogP) is 4.44. The summed E-state index contributed by atoms with van der Waals surface area (Å²) < 4.78 is 7.45. The van der Waals surface area contributed by atoms with Gasteiger partial charge >= 0.3 is 0 Å². The number of halogens is 1. The Balaban J connectivity index is 1.39. The van der Waals surface area contributed by atoms with Crippen molar-refractivity contribution in [3.63, 3.8) is 0 Å². The van der Waals surface area contributed by atoms with E-state index in [1.807, 2.05) is 28.9 Å². The highest BCUT2D eigenvalue weighted by Gasteiger charge is 2.18. The number of thiophene rings is 1. The lowest BCUT2D eigenvalue weighted by atomic mass is 10.3. The van der Waals surface area contributed by atoms with Gasteiger partial charge in [0.25, 0.3) is 0 Å².